The fraction of sp³-hybridized carbons (Fsp3) is 0.643. The predicted octanol–water partition coefficient (Wildman–Crippen LogP) is 4.18. The van der Waals surface area contributed by atoms with Crippen molar-refractivity contribution in [2.24, 2.45) is 11.3 Å². The predicted molar refractivity (Wildman–Crippen MR) is 63.5 cm³/mol. The molecule has 0 aromatic heterocycles. The molecule has 0 unspecified atom stereocenters. The molecular weight excluding hydrogens is 232 g/mol. The van der Waals surface area contributed by atoms with E-state index in [-0.39, 0.29) is 21.7 Å². The first-order chi connectivity index (χ1) is 6.96. The molecule has 0 aromatic carbocycles. The molecular formula is C14H21OTi+. The van der Waals surface area contributed by atoms with E-state index in [1.807, 2.05) is 6.08 Å². The second kappa shape index (κ2) is 5.02. The van der Waals surface area contributed by atoms with Crippen LogP contribution in [0.1, 0.15) is 46.0 Å². The molecule has 1 saturated carbocycles. The van der Waals surface area contributed by atoms with Gasteiger partial charge in [0.15, 0.2) is 0 Å². The van der Waals surface area contributed by atoms with Gasteiger partial charge in [0.05, 0.1) is 18.1 Å². The topological polar surface area (TPSA) is 20.2 Å². The minimum Gasteiger partial charge on any atom is -0.512 e. The number of aliphatic hydroxyl groups is 1. The Kier molecular flexibility index (Phi) is 4.37. The summed E-state index contributed by atoms with van der Waals surface area (Å²) < 4.78 is 0. The Morgan fingerprint density at radius 2 is 2.19 bits per heavy atom. The third-order valence-electron chi connectivity index (χ3n) is 3.66. The summed E-state index contributed by atoms with van der Waals surface area (Å²) in [4.78, 5) is 0. The van der Waals surface area contributed by atoms with Gasteiger partial charge < -0.3 is 5.11 Å². The van der Waals surface area contributed by atoms with E-state index in [1.54, 1.807) is 5.92 Å². The minimum absolute atomic E-state index is 0. The summed E-state index contributed by atoms with van der Waals surface area (Å²) in [6.07, 6.45) is 7.32. The second-order valence-electron chi connectivity index (χ2n) is 5.91. The molecule has 0 spiro atoms. The van der Waals surface area contributed by atoms with Gasteiger partial charge in [-0.2, -0.15) is 0 Å². The Morgan fingerprint density at radius 3 is 2.88 bits per heavy atom. The molecule has 2 aliphatic rings. The van der Waals surface area contributed by atoms with Crippen molar-refractivity contribution in [3.8, 4) is 0 Å². The van der Waals surface area contributed by atoms with E-state index < -0.39 is 0 Å². The van der Waals surface area contributed by atoms with E-state index in [2.05, 4.69) is 20.4 Å². The van der Waals surface area contributed by atoms with Crippen LogP contribution in [-0.4, -0.2) is 5.11 Å². The normalized spacial score (nSPS) is 31.9. The van der Waals surface area contributed by atoms with Gasteiger partial charge in [0, 0.05) is 33.6 Å². The van der Waals surface area contributed by atoms with Crippen LogP contribution in [0.2, 0.25) is 0 Å². The van der Waals surface area contributed by atoms with E-state index >= 15 is 0 Å². The molecule has 0 amide bonds. The Balaban J connectivity index is 0.00000128. The third-order valence-corrected chi connectivity index (χ3v) is 3.66. The van der Waals surface area contributed by atoms with Gasteiger partial charge in [0.1, 0.15) is 12.3 Å². The van der Waals surface area contributed by atoms with Gasteiger partial charge >= 0.3 is 0 Å². The molecule has 16 heavy (non-hydrogen) atoms. The summed E-state index contributed by atoms with van der Waals surface area (Å²) in [6.45, 7) is 8.71. The van der Waals surface area contributed by atoms with Crippen LogP contribution in [0.15, 0.2) is 24.0 Å². The number of aliphatic hydroxyl groups excluding tert-OH is 1. The van der Waals surface area contributed by atoms with Crippen LogP contribution in [0.25, 0.3) is 0 Å². The molecule has 0 saturated heterocycles. The average molecular weight is 253 g/mol. The summed E-state index contributed by atoms with van der Waals surface area (Å²) in [7, 11) is 0. The molecule has 2 heteroatoms. The summed E-state index contributed by atoms with van der Waals surface area (Å²) in [6, 6.07) is 0. The van der Waals surface area contributed by atoms with Gasteiger partial charge in [0.25, 0.3) is 0 Å². The molecule has 0 heterocycles. The van der Waals surface area contributed by atoms with Gasteiger partial charge in [0.2, 0.25) is 0 Å². The van der Waals surface area contributed by atoms with Crippen molar-refractivity contribution in [1.82, 2.24) is 0 Å². The smallest absolute Gasteiger partial charge is 0.115 e. The maximum Gasteiger partial charge on any atom is 0.115 e. The summed E-state index contributed by atoms with van der Waals surface area (Å²) in [5, 5.41) is 9.63. The molecule has 1 fully saturated rings. The van der Waals surface area contributed by atoms with Crippen LogP contribution >= 0.6 is 0 Å². The number of fused-ring (bicyclic) bond motifs is 1. The van der Waals surface area contributed by atoms with E-state index in [4.69, 9.17) is 0 Å². The van der Waals surface area contributed by atoms with Crippen LogP contribution in [-0.2, 0) is 21.7 Å². The van der Waals surface area contributed by atoms with E-state index in [1.165, 1.54) is 12.8 Å². The van der Waals surface area contributed by atoms with Crippen LogP contribution in [0.3, 0.4) is 0 Å². The molecule has 0 radical (unpaired) electrons. The Hall–Kier alpha value is -0.136. The summed E-state index contributed by atoms with van der Waals surface area (Å²) in [5.41, 5.74) is 1.53. The first kappa shape index (κ1) is 13.9. The zero-order valence-electron chi connectivity index (χ0n) is 10.3. The average Bonchev–Trinajstić information content (AvgIpc) is 2.34. The zero-order chi connectivity index (χ0) is 11.1. The van der Waals surface area contributed by atoms with Crippen molar-refractivity contribution in [2.75, 3.05) is 0 Å². The number of allylic oxidation sites excluding steroid dienone is 3. The SMILES string of the molecule is C=C1/C=C(\O)CC[C@@H]2CC(C)(C)C[C+]2C1.[Ti]. The second-order valence-corrected chi connectivity index (χ2v) is 5.91. The van der Waals surface area contributed by atoms with Gasteiger partial charge in [-0.25, -0.2) is 0 Å². The molecule has 0 aliphatic heterocycles. The van der Waals surface area contributed by atoms with Crippen LogP contribution in [0, 0.1) is 17.3 Å². The maximum atomic E-state index is 9.63. The summed E-state index contributed by atoms with van der Waals surface area (Å²) in [5.74, 6) is 2.89. The maximum absolute atomic E-state index is 9.63. The van der Waals surface area contributed by atoms with Gasteiger partial charge in [-0.05, 0) is 24.5 Å². The largest absolute Gasteiger partial charge is 0.512 e. The van der Waals surface area contributed by atoms with Crippen molar-refractivity contribution < 1.29 is 26.8 Å². The van der Waals surface area contributed by atoms with E-state index in [9.17, 15) is 5.11 Å². The fourth-order valence-electron chi connectivity index (χ4n) is 3.13. The molecule has 1 nitrogen and oxygen atoms in total. The quantitative estimate of drug-likeness (QED) is 0.507. The molecule has 1 N–H and O–H groups in total. The van der Waals surface area contributed by atoms with Crippen LogP contribution in [0.4, 0.5) is 0 Å². The molecule has 2 aliphatic carbocycles. The Bertz CT molecular complexity index is 304. The minimum atomic E-state index is 0. The first-order valence-corrected chi connectivity index (χ1v) is 5.88. The Morgan fingerprint density at radius 1 is 1.50 bits per heavy atom. The van der Waals surface area contributed by atoms with Crippen LogP contribution < -0.4 is 0 Å². The van der Waals surface area contributed by atoms with Gasteiger partial charge in [-0.3, -0.25) is 0 Å². The fourth-order valence-corrected chi connectivity index (χ4v) is 3.13. The van der Waals surface area contributed by atoms with Crippen molar-refractivity contribution >= 4 is 0 Å². The monoisotopic (exact) mass is 253 g/mol. The van der Waals surface area contributed by atoms with Crippen molar-refractivity contribution in [3.05, 3.63) is 29.9 Å². The number of rotatable bonds is 0. The van der Waals surface area contributed by atoms with Crippen LogP contribution in [0.5, 0.6) is 0 Å². The molecule has 0 bridgehead atoms. The summed E-state index contributed by atoms with van der Waals surface area (Å²) >= 11 is 0. The third kappa shape index (κ3) is 3.18. The molecule has 86 valence electrons. The Labute approximate surface area is 114 Å². The van der Waals surface area contributed by atoms with Gasteiger partial charge in [-0.1, -0.05) is 20.4 Å². The van der Waals surface area contributed by atoms with Crippen molar-refractivity contribution in [2.45, 2.75) is 46.0 Å². The van der Waals surface area contributed by atoms with Crippen molar-refractivity contribution in [1.29, 1.82) is 0 Å². The van der Waals surface area contributed by atoms with Gasteiger partial charge in [-0.15, -0.1) is 0 Å². The van der Waals surface area contributed by atoms with E-state index in [0.29, 0.717) is 17.1 Å². The van der Waals surface area contributed by atoms with Crippen molar-refractivity contribution in [3.63, 3.8) is 0 Å². The standard InChI is InChI=1S/C14H20O.Ti/c1-10-6-12-9-14(2,3)8-11(12)4-5-13(15)7-10;/h7,11H,1,4-6,8-9H2,2-3H3;/p+1/b13-7-;/t11-;/m1./s1. The molecule has 0 aromatic rings. The number of hydrogen-bond donors (Lipinski definition) is 1. The zero-order valence-corrected chi connectivity index (χ0v) is 11.9. The molecule has 2 rings (SSSR count). The number of hydrogen-bond acceptors (Lipinski definition) is 1. The van der Waals surface area contributed by atoms with E-state index in [0.717, 1.165) is 24.8 Å². The first-order valence-electron chi connectivity index (χ1n) is 5.88. The molecule has 1 atom stereocenters.